The Morgan fingerprint density at radius 1 is 1.45 bits per heavy atom. The van der Waals surface area contributed by atoms with Crippen molar-refractivity contribution in [3.05, 3.63) is 44.6 Å². The third-order valence-electron chi connectivity index (χ3n) is 2.54. The van der Waals surface area contributed by atoms with Crippen molar-refractivity contribution in [3.63, 3.8) is 0 Å². The highest BCUT2D eigenvalue weighted by molar-refractivity contribution is 7.98. The van der Waals surface area contributed by atoms with E-state index < -0.39 is 11.1 Å². The molecule has 0 unspecified atom stereocenters. The standard InChI is InChI=1S/C12H15N5O2S/c1-3-13-9-8(5-4-6-14-9)7-20-12-15-10(18)11(19)16-17(12)2/h4-6H,3,7H2,1-2H3,(H,13,14)(H,16,19). The van der Waals surface area contributed by atoms with Gasteiger partial charge in [0.25, 0.3) is 0 Å². The Morgan fingerprint density at radius 2 is 2.25 bits per heavy atom. The molecule has 0 saturated heterocycles. The van der Waals surface area contributed by atoms with Crippen molar-refractivity contribution in [2.75, 3.05) is 11.9 Å². The minimum absolute atomic E-state index is 0.459. The Labute approximate surface area is 119 Å². The lowest BCUT2D eigenvalue weighted by atomic mass is 10.3. The molecule has 8 heteroatoms. The number of nitrogens with zero attached hydrogens (tertiary/aromatic N) is 3. The summed E-state index contributed by atoms with van der Waals surface area (Å²) in [5.74, 6) is 1.42. The molecule has 0 aliphatic carbocycles. The number of anilines is 1. The molecule has 2 rings (SSSR count). The lowest BCUT2D eigenvalue weighted by molar-refractivity contribution is 0.596. The van der Waals surface area contributed by atoms with Crippen molar-refractivity contribution in [1.82, 2.24) is 19.7 Å². The molecule has 20 heavy (non-hydrogen) atoms. The van der Waals surface area contributed by atoms with Crippen LogP contribution < -0.4 is 16.4 Å². The van der Waals surface area contributed by atoms with Gasteiger partial charge in [-0.2, -0.15) is 4.98 Å². The third-order valence-corrected chi connectivity index (χ3v) is 3.62. The van der Waals surface area contributed by atoms with E-state index in [0.29, 0.717) is 10.9 Å². The van der Waals surface area contributed by atoms with E-state index in [0.717, 1.165) is 17.9 Å². The van der Waals surface area contributed by atoms with Crippen molar-refractivity contribution in [1.29, 1.82) is 0 Å². The predicted octanol–water partition coefficient (Wildman–Crippen LogP) is 0.588. The van der Waals surface area contributed by atoms with E-state index in [9.17, 15) is 9.59 Å². The topological polar surface area (TPSA) is 92.7 Å². The Morgan fingerprint density at radius 3 is 3.00 bits per heavy atom. The second-order valence-electron chi connectivity index (χ2n) is 4.03. The average Bonchev–Trinajstić information content (AvgIpc) is 2.43. The summed E-state index contributed by atoms with van der Waals surface area (Å²) in [6.07, 6.45) is 1.72. The summed E-state index contributed by atoms with van der Waals surface area (Å²) in [5, 5.41) is 6.05. The number of thioether (sulfide) groups is 1. The molecule has 2 aromatic rings. The predicted molar refractivity (Wildman–Crippen MR) is 78.1 cm³/mol. The summed E-state index contributed by atoms with van der Waals surface area (Å²) in [6.45, 7) is 2.78. The molecule has 0 aliphatic rings. The van der Waals surface area contributed by atoms with Crippen LogP contribution in [0.3, 0.4) is 0 Å². The van der Waals surface area contributed by atoms with Gasteiger partial charge in [0.15, 0.2) is 5.16 Å². The van der Waals surface area contributed by atoms with Gasteiger partial charge in [-0.15, -0.1) is 0 Å². The first-order chi connectivity index (χ1) is 9.61. The van der Waals surface area contributed by atoms with Crippen molar-refractivity contribution >= 4 is 17.6 Å². The molecule has 0 fully saturated rings. The van der Waals surface area contributed by atoms with Crippen LogP contribution in [0.15, 0.2) is 33.1 Å². The summed E-state index contributed by atoms with van der Waals surface area (Å²) < 4.78 is 1.44. The number of rotatable bonds is 5. The summed E-state index contributed by atoms with van der Waals surface area (Å²) in [7, 11) is 1.64. The monoisotopic (exact) mass is 293 g/mol. The van der Waals surface area contributed by atoms with Crippen LogP contribution in [0.4, 0.5) is 5.82 Å². The van der Waals surface area contributed by atoms with Gasteiger partial charge in [-0.05, 0) is 13.0 Å². The molecule has 2 heterocycles. The summed E-state index contributed by atoms with van der Waals surface area (Å²) >= 11 is 1.36. The number of hydrogen-bond acceptors (Lipinski definition) is 6. The first-order valence-electron chi connectivity index (χ1n) is 6.09. The first-order valence-corrected chi connectivity index (χ1v) is 7.08. The van der Waals surface area contributed by atoms with Gasteiger partial charge in [0.05, 0.1) is 0 Å². The summed E-state index contributed by atoms with van der Waals surface area (Å²) in [4.78, 5) is 30.4. The van der Waals surface area contributed by atoms with Crippen molar-refractivity contribution < 1.29 is 0 Å². The largest absolute Gasteiger partial charge is 0.370 e. The minimum Gasteiger partial charge on any atom is -0.370 e. The molecule has 106 valence electrons. The molecule has 2 N–H and O–H groups in total. The van der Waals surface area contributed by atoms with Gasteiger partial charge in [0.1, 0.15) is 5.82 Å². The molecule has 0 spiro atoms. The Bertz CT molecular complexity index is 709. The van der Waals surface area contributed by atoms with E-state index in [4.69, 9.17) is 0 Å². The molecule has 0 bridgehead atoms. The summed E-state index contributed by atoms with van der Waals surface area (Å²) in [6, 6.07) is 3.82. The van der Waals surface area contributed by atoms with Gasteiger partial charge < -0.3 is 5.32 Å². The maximum absolute atomic E-state index is 11.3. The zero-order valence-corrected chi connectivity index (χ0v) is 12.0. The van der Waals surface area contributed by atoms with Crippen LogP contribution in [0, 0.1) is 0 Å². The second-order valence-corrected chi connectivity index (χ2v) is 4.97. The van der Waals surface area contributed by atoms with Crippen molar-refractivity contribution in [3.8, 4) is 0 Å². The lowest BCUT2D eigenvalue weighted by Gasteiger charge is -2.09. The maximum Gasteiger partial charge on any atom is 0.339 e. The number of hydrogen-bond donors (Lipinski definition) is 2. The van der Waals surface area contributed by atoms with Gasteiger partial charge in [-0.1, -0.05) is 17.8 Å². The number of aromatic amines is 1. The van der Waals surface area contributed by atoms with Crippen LogP contribution in [0.5, 0.6) is 0 Å². The van der Waals surface area contributed by atoms with Gasteiger partial charge >= 0.3 is 11.1 Å². The van der Waals surface area contributed by atoms with Crippen molar-refractivity contribution in [2.24, 2.45) is 7.05 Å². The Hall–Kier alpha value is -2.09. The molecule has 7 nitrogen and oxygen atoms in total. The molecule has 0 saturated carbocycles. The third kappa shape index (κ3) is 3.27. The second kappa shape index (κ2) is 6.38. The molecule has 0 amide bonds. The van der Waals surface area contributed by atoms with Crippen LogP contribution in [0.1, 0.15) is 12.5 Å². The number of H-pyrrole nitrogens is 1. The fraction of sp³-hybridized carbons (Fsp3) is 0.333. The van der Waals surface area contributed by atoms with Gasteiger partial charge in [0, 0.05) is 31.1 Å². The zero-order chi connectivity index (χ0) is 14.5. The van der Waals surface area contributed by atoms with Gasteiger partial charge in [-0.25, -0.2) is 4.98 Å². The fourth-order valence-corrected chi connectivity index (χ4v) is 2.52. The van der Waals surface area contributed by atoms with Gasteiger partial charge in [0.2, 0.25) is 0 Å². The van der Waals surface area contributed by atoms with E-state index >= 15 is 0 Å². The SMILES string of the molecule is CCNc1ncccc1CSc1nc(=O)c(=O)[nH]n1C. The number of aryl methyl sites for hydroxylation is 1. The van der Waals surface area contributed by atoms with Crippen LogP contribution in [-0.4, -0.2) is 26.3 Å². The molecule has 0 radical (unpaired) electrons. The minimum atomic E-state index is -0.774. The van der Waals surface area contributed by atoms with E-state index in [1.807, 2.05) is 19.1 Å². The Balaban J connectivity index is 2.19. The molecule has 0 aromatic carbocycles. The molecule has 0 aliphatic heterocycles. The number of aromatic nitrogens is 4. The molecule has 0 atom stereocenters. The van der Waals surface area contributed by atoms with Gasteiger partial charge in [-0.3, -0.25) is 19.4 Å². The van der Waals surface area contributed by atoms with E-state index in [1.165, 1.54) is 16.4 Å². The maximum atomic E-state index is 11.3. The molecule has 2 aromatic heterocycles. The van der Waals surface area contributed by atoms with E-state index in [1.54, 1.807) is 13.2 Å². The first kappa shape index (κ1) is 14.3. The van der Waals surface area contributed by atoms with E-state index in [-0.39, 0.29) is 0 Å². The normalized spacial score (nSPS) is 10.5. The average molecular weight is 293 g/mol. The smallest absolute Gasteiger partial charge is 0.339 e. The number of nitrogens with one attached hydrogen (secondary N) is 2. The highest BCUT2D eigenvalue weighted by Crippen LogP contribution is 2.22. The molecular formula is C12H15N5O2S. The highest BCUT2D eigenvalue weighted by Gasteiger charge is 2.07. The quantitative estimate of drug-likeness (QED) is 0.619. The zero-order valence-electron chi connectivity index (χ0n) is 11.2. The van der Waals surface area contributed by atoms with Crippen LogP contribution in [0.2, 0.25) is 0 Å². The Kier molecular flexibility index (Phi) is 4.57. The molecular weight excluding hydrogens is 278 g/mol. The van der Waals surface area contributed by atoms with Crippen LogP contribution in [0.25, 0.3) is 0 Å². The van der Waals surface area contributed by atoms with Crippen LogP contribution >= 0.6 is 11.8 Å². The van der Waals surface area contributed by atoms with Crippen LogP contribution in [-0.2, 0) is 12.8 Å². The summed E-state index contributed by atoms with van der Waals surface area (Å²) in [5.41, 5.74) is -0.477. The van der Waals surface area contributed by atoms with Crippen molar-refractivity contribution in [2.45, 2.75) is 17.8 Å². The van der Waals surface area contributed by atoms with E-state index in [2.05, 4.69) is 20.4 Å². The fourth-order valence-electron chi connectivity index (χ4n) is 1.61. The highest BCUT2D eigenvalue weighted by atomic mass is 32.2. The number of pyridine rings is 1. The lowest BCUT2D eigenvalue weighted by Crippen LogP contribution is -2.33.